The molecule has 1 fully saturated rings. The van der Waals surface area contributed by atoms with Crippen molar-refractivity contribution in [3.8, 4) is 0 Å². The zero-order chi connectivity index (χ0) is 33.3. The summed E-state index contributed by atoms with van der Waals surface area (Å²) in [6.45, 7) is -5.10. The zero-order valence-corrected chi connectivity index (χ0v) is 18.8. The molecule has 0 aromatic rings. The molecule has 1 aliphatic rings. The second kappa shape index (κ2) is 11.9. The number of carbonyl (C=O) groups is 5. The van der Waals surface area contributed by atoms with Gasteiger partial charge < -0.3 is 28.4 Å². The van der Waals surface area contributed by atoms with Crippen LogP contribution in [0.1, 0.15) is 0 Å². The highest BCUT2D eigenvalue weighted by Crippen LogP contribution is 2.41. The Balaban J connectivity index is 3.84. The molecule has 11 nitrogen and oxygen atoms in total. The predicted octanol–water partition coefficient (Wildman–Crippen LogP) is 2.35. The molecule has 1 aliphatic heterocycles. The first-order chi connectivity index (χ1) is 18.5. The van der Waals surface area contributed by atoms with E-state index < -0.39 is 98.0 Å². The molecule has 0 saturated carbocycles. The minimum Gasteiger partial charge on any atom is -0.456 e. The van der Waals surface area contributed by atoms with E-state index in [9.17, 15) is 89.8 Å². The Labute approximate surface area is 217 Å². The summed E-state index contributed by atoms with van der Waals surface area (Å²) < 4.78 is 212. The first-order valence-corrected chi connectivity index (χ1v) is 9.54. The molecule has 0 N–H and O–H groups in total. The lowest BCUT2D eigenvalue weighted by molar-refractivity contribution is -0.296. The molecule has 0 radical (unpaired) electrons. The molecular weight excluding hydrogens is 653 g/mol. The molecule has 42 heavy (non-hydrogen) atoms. The molecule has 4 unspecified atom stereocenters. The lowest BCUT2D eigenvalue weighted by atomic mass is 10.0. The summed E-state index contributed by atoms with van der Waals surface area (Å²) in [5.41, 5.74) is 0. The summed E-state index contributed by atoms with van der Waals surface area (Å²) >= 11 is 0. The van der Waals surface area contributed by atoms with Gasteiger partial charge in [-0.2, -0.15) is 65.9 Å². The van der Waals surface area contributed by atoms with Crippen LogP contribution < -0.4 is 0 Å². The van der Waals surface area contributed by atoms with Gasteiger partial charge in [-0.3, -0.25) is 0 Å². The van der Waals surface area contributed by atoms with Crippen LogP contribution in [0.15, 0.2) is 0 Å². The second-order valence-corrected chi connectivity index (χ2v) is 7.22. The summed E-state index contributed by atoms with van der Waals surface area (Å²) in [7, 11) is 0. The van der Waals surface area contributed by atoms with Crippen LogP contribution in [0.25, 0.3) is 0 Å². The zero-order valence-electron chi connectivity index (χ0n) is 18.8. The molecule has 0 spiro atoms. The topological polar surface area (TPSA) is 141 Å². The van der Waals surface area contributed by atoms with Crippen molar-refractivity contribution in [1.82, 2.24) is 0 Å². The lowest BCUT2D eigenvalue weighted by Crippen LogP contribution is -2.56. The molecule has 242 valence electrons. The molecular formula is C16H7F15O11. The van der Waals surface area contributed by atoms with Crippen LogP contribution >= 0.6 is 0 Å². The fourth-order valence-electron chi connectivity index (χ4n) is 2.56. The number of esters is 5. The van der Waals surface area contributed by atoms with Crippen LogP contribution in [0, 0.1) is 0 Å². The fourth-order valence-corrected chi connectivity index (χ4v) is 2.56. The van der Waals surface area contributed by atoms with E-state index in [1.54, 1.807) is 0 Å². The minimum atomic E-state index is -6.33. The molecule has 0 amide bonds. The van der Waals surface area contributed by atoms with Gasteiger partial charge >= 0.3 is 60.7 Å². The Hall–Kier alpha value is -3.74. The van der Waals surface area contributed by atoms with Crippen molar-refractivity contribution in [3.63, 3.8) is 0 Å². The van der Waals surface area contributed by atoms with Crippen LogP contribution in [0.3, 0.4) is 0 Å². The molecule has 1 rings (SSSR count). The summed E-state index contributed by atoms with van der Waals surface area (Å²) in [6, 6.07) is 0. The average molecular weight is 660 g/mol. The van der Waals surface area contributed by atoms with Crippen LogP contribution in [0.5, 0.6) is 0 Å². The Bertz CT molecular complexity index is 1060. The maximum atomic E-state index is 12.9. The van der Waals surface area contributed by atoms with E-state index in [0.717, 1.165) is 0 Å². The molecule has 26 heteroatoms. The second-order valence-electron chi connectivity index (χ2n) is 7.22. The molecule has 0 aromatic heterocycles. The van der Waals surface area contributed by atoms with Crippen molar-refractivity contribution in [2.24, 2.45) is 0 Å². The van der Waals surface area contributed by atoms with Crippen molar-refractivity contribution in [2.45, 2.75) is 55.0 Å². The number of carbonyl (C=O) groups excluding carboxylic acids is 5. The molecule has 1 saturated heterocycles. The molecule has 0 bridgehead atoms. The van der Waals surface area contributed by atoms with Gasteiger partial charge in [-0.15, -0.1) is 0 Å². The van der Waals surface area contributed by atoms with Crippen molar-refractivity contribution in [1.29, 1.82) is 0 Å². The number of hydrogen-bond acceptors (Lipinski definition) is 11. The Kier molecular flexibility index (Phi) is 10.2. The van der Waals surface area contributed by atoms with Gasteiger partial charge in [0, 0.05) is 0 Å². The standard InChI is InChI=1S/C16H7F15O11/c17-12(18,19)6(32)37-1-3-4(39-8(34)14(23,24)25)5(40-9(35)15(26,27)28)11(41-3,42-10(36)16(29,30)31)2-38-7(33)13(20,21)22/h3-5H,1-2H2. The monoisotopic (exact) mass is 660 g/mol. The van der Waals surface area contributed by atoms with Crippen molar-refractivity contribution in [3.05, 3.63) is 0 Å². The van der Waals surface area contributed by atoms with Gasteiger partial charge in [-0.1, -0.05) is 0 Å². The SMILES string of the molecule is O=C(OCC1OC(COC(=O)C(F)(F)F)(OC(=O)C(F)(F)F)C(OC(=O)C(F)(F)F)C1OC(=O)C(F)(F)F)C(F)(F)F. The molecule has 4 atom stereocenters. The van der Waals surface area contributed by atoms with E-state index in [1.165, 1.54) is 0 Å². The highest BCUT2D eigenvalue weighted by Gasteiger charge is 2.67. The van der Waals surface area contributed by atoms with E-state index in [4.69, 9.17) is 0 Å². The van der Waals surface area contributed by atoms with E-state index in [2.05, 4.69) is 28.4 Å². The Morgan fingerprint density at radius 2 is 0.929 bits per heavy atom. The first kappa shape index (κ1) is 36.3. The highest BCUT2D eigenvalue weighted by atomic mass is 19.4. The highest BCUT2D eigenvalue weighted by molar-refractivity contribution is 5.79. The molecule has 1 heterocycles. The third-order valence-electron chi connectivity index (χ3n) is 4.13. The quantitative estimate of drug-likeness (QED) is 0.226. The van der Waals surface area contributed by atoms with Gasteiger partial charge in [0.05, 0.1) is 0 Å². The minimum absolute atomic E-state index is 2.31. The summed E-state index contributed by atoms with van der Waals surface area (Å²) in [6.07, 6.45) is -41.8. The largest absolute Gasteiger partial charge is 0.491 e. The van der Waals surface area contributed by atoms with Gasteiger partial charge in [0.25, 0.3) is 5.79 Å². The van der Waals surface area contributed by atoms with E-state index in [-0.39, 0.29) is 0 Å². The van der Waals surface area contributed by atoms with Gasteiger partial charge in [0.2, 0.25) is 6.10 Å². The third-order valence-corrected chi connectivity index (χ3v) is 4.13. The van der Waals surface area contributed by atoms with Gasteiger partial charge in [-0.25, -0.2) is 24.0 Å². The van der Waals surface area contributed by atoms with Gasteiger partial charge in [0.1, 0.15) is 12.7 Å². The Morgan fingerprint density at radius 1 is 0.548 bits per heavy atom. The summed E-state index contributed by atoms with van der Waals surface area (Å²) in [4.78, 5) is 56.1. The molecule has 0 aliphatic carbocycles. The Morgan fingerprint density at radius 3 is 1.33 bits per heavy atom. The molecule has 0 aromatic carbocycles. The van der Waals surface area contributed by atoms with Gasteiger partial charge in [-0.05, 0) is 0 Å². The van der Waals surface area contributed by atoms with Crippen molar-refractivity contribution >= 4 is 29.8 Å². The van der Waals surface area contributed by atoms with Crippen LogP contribution in [-0.4, -0.2) is 98.0 Å². The normalized spacial score (nSPS) is 23.5. The smallest absolute Gasteiger partial charge is 0.456 e. The first-order valence-electron chi connectivity index (χ1n) is 9.54. The van der Waals surface area contributed by atoms with E-state index in [1.807, 2.05) is 0 Å². The fraction of sp³-hybridized carbons (Fsp3) is 0.688. The number of hydrogen-bond donors (Lipinski definition) is 0. The summed E-state index contributed by atoms with van der Waals surface area (Å²) in [5.74, 6) is -22.4. The number of ether oxygens (including phenoxy) is 6. The number of halogens is 15. The van der Waals surface area contributed by atoms with Crippen molar-refractivity contribution < 1.29 is 118 Å². The van der Waals surface area contributed by atoms with Crippen LogP contribution in [0.2, 0.25) is 0 Å². The van der Waals surface area contributed by atoms with Crippen molar-refractivity contribution in [2.75, 3.05) is 13.2 Å². The third kappa shape index (κ3) is 9.40. The number of alkyl halides is 15. The lowest BCUT2D eigenvalue weighted by Gasteiger charge is -2.33. The predicted molar refractivity (Wildman–Crippen MR) is 85.6 cm³/mol. The maximum absolute atomic E-state index is 12.9. The van der Waals surface area contributed by atoms with E-state index in [0.29, 0.717) is 0 Å². The van der Waals surface area contributed by atoms with Crippen LogP contribution in [-0.2, 0) is 52.4 Å². The van der Waals surface area contributed by atoms with Gasteiger partial charge in [0.15, 0.2) is 12.7 Å². The summed E-state index contributed by atoms with van der Waals surface area (Å²) in [5, 5.41) is 0. The van der Waals surface area contributed by atoms with E-state index >= 15 is 0 Å². The number of rotatable bonds is 7. The van der Waals surface area contributed by atoms with Crippen LogP contribution in [0.4, 0.5) is 65.9 Å². The maximum Gasteiger partial charge on any atom is 0.491 e. The average Bonchev–Trinajstić information content (AvgIpc) is 3.04.